The predicted octanol–water partition coefficient (Wildman–Crippen LogP) is 2.13. The zero-order valence-electron chi connectivity index (χ0n) is 15.8. The van der Waals surface area contributed by atoms with Crippen LogP contribution in [-0.2, 0) is 4.79 Å². The van der Waals surface area contributed by atoms with Crippen molar-refractivity contribution in [2.24, 2.45) is 11.5 Å². The number of nitriles is 1. The number of nitrogens with two attached hydrogens (primary N) is 2. The second kappa shape index (κ2) is 8.08. The molecule has 1 amide bonds. The van der Waals surface area contributed by atoms with Crippen molar-refractivity contribution < 1.29 is 4.79 Å². The van der Waals surface area contributed by atoms with Gasteiger partial charge in [0.05, 0.1) is 27.7 Å². The van der Waals surface area contributed by atoms with E-state index in [9.17, 15) is 14.9 Å². The van der Waals surface area contributed by atoms with Gasteiger partial charge in [-0.2, -0.15) is 5.26 Å². The Kier molecular flexibility index (Phi) is 5.46. The van der Waals surface area contributed by atoms with E-state index >= 15 is 0 Å². The molecular formula is C22H14Cl2N4O2S. The Morgan fingerprint density at radius 1 is 1.13 bits per heavy atom. The van der Waals surface area contributed by atoms with Crippen LogP contribution >= 0.6 is 34.5 Å². The summed E-state index contributed by atoms with van der Waals surface area (Å²) in [6.07, 6.45) is 1.61. The molecule has 0 aliphatic carbocycles. The highest BCUT2D eigenvalue weighted by atomic mass is 35.5. The van der Waals surface area contributed by atoms with Crippen molar-refractivity contribution in [3.63, 3.8) is 0 Å². The highest BCUT2D eigenvalue weighted by molar-refractivity contribution is 7.07. The highest BCUT2D eigenvalue weighted by Gasteiger charge is 2.35. The average molecular weight is 469 g/mol. The number of carbonyl (C=O) groups excluding carboxylic acids is 1. The van der Waals surface area contributed by atoms with Crippen LogP contribution < -0.4 is 26.2 Å². The van der Waals surface area contributed by atoms with Crippen molar-refractivity contribution in [2.75, 3.05) is 0 Å². The summed E-state index contributed by atoms with van der Waals surface area (Å²) in [6, 6.07) is 15.9. The minimum absolute atomic E-state index is 0.0265. The Bertz CT molecular complexity index is 1490. The van der Waals surface area contributed by atoms with Gasteiger partial charge in [-0.25, -0.2) is 0 Å². The molecule has 2 heterocycles. The zero-order valence-corrected chi connectivity index (χ0v) is 18.1. The summed E-state index contributed by atoms with van der Waals surface area (Å²) < 4.78 is 1.71. The van der Waals surface area contributed by atoms with Gasteiger partial charge in [-0.05, 0) is 29.3 Å². The van der Waals surface area contributed by atoms with E-state index in [0.717, 1.165) is 15.9 Å². The fraction of sp³-hybridized carbons (Fsp3) is 0.0455. The van der Waals surface area contributed by atoms with Gasteiger partial charge in [0.1, 0.15) is 10.5 Å². The smallest absolute Gasteiger partial charge is 0.274 e. The van der Waals surface area contributed by atoms with Crippen LogP contribution in [0.3, 0.4) is 0 Å². The largest absolute Gasteiger partial charge is 0.384 e. The van der Waals surface area contributed by atoms with Gasteiger partial charge in [0.25, 0.3) is 5.56 Å². The van der Waals surface area contributed by atoms with Crippen molar-refractivity contribution >= 4 is 57.9 Å². The van der Waals surface area contributed by atoms with Gasteiger partial charge in [-0.15, -0.1) is 11.3 Å². The lowest BCUT2D eigenvalue weighted by atomic mass is 9.83. The number of aromatic nitrogens is 1. The first-order valence-electron chi connectivity index (χ1n) is 9.01. The Hall–Kier alpha value is -3.31. The molecule has 0 fully saturated rings. The van der Waals surface area contributed by atoms with E-state index in [-0.39, 0.29) is 21.6 Å². The van der Waals surface area contributed by atoms with Gasteiger partial charge in [0.2, 0.25) is 5.91 Å². The number of benzene rings is 2. The number of primary amides is 1. The maximum atomic E-state index is 13.2. The first-order chi connectivity index (χ1) is 14.8. The van der Waals surface area contributed by atoms with Crippen LogP contribution in [0.25, 0.3) is 17.5 Å². The molecule has 3 aromatic rings. The molecule has 1 aliphatic rings. The molecule has 154 valence electrons. The van der Waals surface area contributed by atoms with E-state index < -0.39 is 17.4 Å². The average Bonchev–Trinajstić information content (AvgIpc) is 3.05. The molecule has 4 N–H and O–H groups in total. The van der Waals surface area contributed by atoms with E-state index in [1.54, 1.807) is 54.6 Å². The molecule has 1 unspecified atom stereocenters. The van der Waals surface area contributed by atoms with Crippen LogP contribution in [-0.4, -0.2) is 10.5 Å². The summed E-state index contributed by atoms with van der Waals surface area (Å²) in [7, 11) is 0. The lowest BCUT2D eigenvalue weighted by Gasteiger charge is -2.24. The summed E-state index contributed by atoms with van der Waals surface area (Å²) in [5.41, 5.74) is 12.8. The number of hydrogen-bond donors (Lipinski definition) is 2. The van der Waals surface area contributed by atoms with Crippen LogP contribution in [0.5, 0.6) is 0 Å². The Labute approximate surface area is 190 Å². The van der Waals surface area contributed by atoms with Gasteiger partial charge in [0, 0.05) is 10.0 Å². The maximum Gasteiger partial charge on any atom is 0.274 e. The zero-order chi connectivity index (χ0) is 22.3. The minimum Gasteiger partial charge on any atom is -0.384 e. The Balaban J connectivity index is 2.13. The molecule has 2 aromatic carbocycles. The van der Waals surface area contributed by atoms with E-state index in [1.165, 1.54) is 0 Å². The van der Waals surface area contributed by atoms with Crippen LogP contribution in [0.4, 0.5) is 0 Å². The van der Waals surface area contributed by atoms with Gasteiger partial charge in [-0.3, -0.25) is 14.2 Å². The SMILES string of the molecule is N#CC1=C(N)n2c(s/c(=C/c3ccccc3Cl)c2=O)=C(C(N)=O)C1c1ccccc1Cl. The minimum atomic E-state index is -0.887. The lowest BCUT2D eigenvalue weighted by molar-refractivity contribution is -0.113. The van der Waals surface area contributed by atoms with Gasteiger partial charge >= 0.3 is 0 Å². The number of carbonyl (C=O) groups is 1. The number of halogens is 2. The third kappa shape index (κ3) is 3.45. The molecule has 31 heavy (non-hydrogen) atoms. The molecule has 1 aliphatic heterocycles. The van der Waals surface area contributed by atoms with Crippen LogP contribution in [0.2, 0.25) is 10.0 Å². The number of rotatable bonds is 3. The standard InChI is InChI=1S/C22H14Cl2N4O2S/c23-14-7-3-1-5-11(14)9-16-21(30)28-19(26)13(10-25)17(12-6-2-4-8-15(12)24)18(20(27)29)22(28)31-16/h1-9,17H,26H2,(H2,27,29)/b16-9+. The monoisotopic (exact) mass is 468 g/mol. The van der Waals surface area contributed by atoms with Crippen LogP contribution in [0, 0.1) is 11.3 Å². The third-order valence-corrected chi connectivity index (χ3v) is 6.74. The molecule has 0 saturated heterocycles. The number of fused-ring (bicyclic) bond motifs is 1. The van der Waals surface area contributed by atoms with Gasteiger partial charge < -0.3 is 11.5 Å². The van der Waals surface area contributed by atoms with E-state index in [0.29, 0.717) is 25.7 Å². The Morgan fingerprint density at radius 2 is 1.77 bits per heavy atom. The predicted molar refractivity (Wildman–Crippen MR) is 123 cm³/mol. The first-order valence-corrected chi connectivity index (χ1v) is 10.6. The summed E-state index contributed by atoms with van der Waals surface area (Å²) in [4.78, 5) is 25.7. The molecule has 1 atom stereocenters. The number of nitrogens with zero attached hydrogens (tertiary/aromatic N) is 2. The van der Waals surface area contributed by atoms with Crippen LogP contribution in [0.15, 0.2) is 58.9 Å². The van der Waals surface area contributed by atoms with E-state index in [2.05, 4.69) is 0 Å². The van der Waals surface area contributed by atoms with Crippen LogP contribution in [0.1, 0.15) is 17.0 Å². The van der Waals surface area contributed by atoms with Crippen molar-refractivity contribution in [1.29, 1.82) is 5.26 Å². The van der Waals surface area contributed by atoms with Crippen molar-refractivity contribution in [3.05, 3.63) is 94.8 Å². The van der Waals surface area contributed by atoms with Gasteiger partial charge in [-0.1, -0.05) is 59.6 Å². The van der Waals surface area contributed by atoms with Crippen molar-refractivity contribution in [3.8, 4) is 6.07 Å². The molecule has 0 radical (unpaired) electrons. The third-order valence-electron chi connectivity index (χ3n) is 4.94. The lowest BCUT2D eigenvalue weighted by Crippen LogP contribution is -2.41. The molecular weight excluding hydrogens is 455 g/mol. The second-order valence-corrected chi connectivity index (χ2v) is 8.57. The molecule has 1 aromatic heterocycles. The fourth-order valence-corrected chi connectivity index (χ4v) is 5.15. The normalized spacial score (nSPS) is 16.2. The van der Waals surface area contributed by atoms with Gasteiger partial charge in [0.15, 0.2) is 0 Å². The quantitative estimate of drug-likeness (QED) is 0.612. The summed E-state index contributed by atoms with van der Waals surface area (Å²) in [6.45, 7) is 0. The maximum absolute atomic E-state index is 13.2. The molecule has 0 saturated carbocycles. The topological polar surface area (TPSA) is 115 Å². The van der Waals surface area contributed by atoms with Crippen molar-refractivity contribution in [2.45, 2.75) is 5.92 Å². The number of amides is 1. The van der Waals surface area contributed by atoms with Crippen molar-refractivity contribution in [1.82, 2.24) is 4.57 Å². The fourth-order valence-electron chi connectivity index (χ4n) is 3.54. The first kappa shape index (κ1) is 20.9. The summed E-state index contributed by atoms with van der Waals surface area (Å²) in [5.74, 6) is -1.72. The second-order valence-electron chi connectivity index (χ2n) is 6.72. The Morgan fingerprint density at radius 3 is 2.39 bits per heavy atom. The van der Waals surface area contributed by atoms with E-state index in [1.807, 2.05) is 6.07 Å². The summed E-state index contributed by atoms with van der Waals surface area (Å²) >= 11 is 13.6. The molecule has 0 bridgehead atoms. The molecule has 0 spiro atoms. The molecule has 4 rings (SSSR count). The number of thiazole rings is 1. The number of allylic oxidation sites excluding steroid dienone is 1. The summed E-state index contributed by atoms with van der Waals surface area (Å²) in [5, 5.41) is 10.7. The van der Waals surface area contributed by atoms with E-state index in [4.69, 9.17) is 34.7 Å². The molecule has 9 heteroatoms. The highest BCUT2D eigenvalue weighted by Crippen LogP contribution is 2.38. The molecule has 6 nitrogen and oxygen atoms in total. The number of hydrogen-bond acceptors (Lipinski definition) is 5.